The number of nitrogens with zero attached hydrogens (tertiary/aromatic N) is 1. The number of rotatable bonds is 9. The van der Waals surface area contributed by atoms with Crippen LogP contribution in [0.15, 0.2) is 0 Å². The van der Waals surface area contributed by atoms with E-state index in [4.69, 9.17) is 18.0 Å². The first-order valence-electron chi connectivity index (χ1n) is 6.02. The van der Waals surface area contributed by atoms with Crippen LogP contribution in [0.25, 0.3) is 0 Å². The highest BCUT2D eigenvalue weighted by atomic mass is 32.2. The number of nitrogens with two attached hydrogens (primary N) is 1. The van der Waals surface area contributed by atoms with Crippen molar-refractivity contribution in [3.05, 3.63) is 0 Å². The van der Waals surface area contributed by atoms with E-state index in [1.807, 2.05) is 13.8 Å². The molecule has 19 heavy (non-hydrogen) atoms. The summed E-state index contributed by atoms with van der Waals surface area (Å²) in [5.74, 6) is -0.620. The average Bonchev–Trinajstić information content (AvgIpc) is 2.30. The summed E-state index contributed by atoms with van der Waals surface area (Å²) in [5.41, 5.74) is 5.39. The highest BCUT2D eigenvalue weighted by Crippen LogP contribution is 2.09. The van der Waals surface area contributed by atoms with Crippen molar-refractivity contribution < 1.29 is 17.9 Å². The quantitative estimate of drug-likeness (QED) is 0.493. The van der Waals surface area contributed by atoms with E-state index < -0.39 is 16.0 Å². The lowest BCUT2D eigenvalue weighted by molar-refractivity contribution is -0.140. The molecule has 0 spiro atoms. The lowest BCUT2D eigenvalue weighted by Gasteiger charge is -2.23. The molecule has 0 aromatic rings. The third-order valence-corrected chi connectivity index (χ3v) is 4.40. The molecule has 0 bridgehead atoms. The maximum absolute atomic E-state index is 12.1. The first-order valence-corrected chi connectivity index (χ1v) is 8.03. The second-order valence-corrected chi connectivity index (χ2v) is 7.22. The van der Waals surface area contributed by atoms with Gasteiger partial charge in [0.25, 0.3) is 0 Å². The molecule has 0 unspecified atom stereocenters. The van der Waals surface area contributed by atoms with E-state index in [0.717, 1.165) is 0 Å². The van der Waals surface area contributed by atoms with Crippen molar-refractivity contribution in [1.82, 2.24) is 4.31 Å². The summed E-state index contributed by atoms with van der Waals surface area (Å²) < 4.78 is 30.0. The van der Waals surface area contributed by atoms with E-state index in [2.05, 4.69) is 4.74 Å². The molecule has 0 atom stereocenters. The SMILES string of the molecule is COC(=O)CCS(=O)(=O)N(CCC(N)=S)CC(C)C. The molecule has 0 aliphatic rings. The number of ether oxygens (including phenoxy) is 1. The molecule has 6 nitrogen and oxygen atoms in total. The lowest BCUT2D eigenvalue weighted by atomic mass is 10.2. The lowest BCUT2D eigenvalue weighted by Crippen LogP contribution is -2.38. The Morgan fingerprint density at radius 2 is 1.95 bits per heavy atom. The molecule has 0 amide bonds. The van der Waals surface area contributed by atoms with Crippen molar-refractivity contribution in [3.63, 3.8) is 0 Å². The Morgan fingerprint density at radius 1 is 1.37 bits per heavy atom. The predicted molar refractivity (Wildman–Crippen MR) is 78.2 cm³/mol. The van der Waals surface area contributed by atoms with Crippen LogP contribution in [0.2, 0.25) is 0 Å². The fourth-order valence-electron chi connectivity index (χ4n) is 1.43. The number of hydrogen-bond acceptors (Lipinski definition) is 5. The van der Waals surface area contributed by atoms with Crippen LogP contribution < -0.4 is 5.73 Å². The number of thiocarbonyl (C=S) groups is 1. The van der Waals surface area contributed by atoms with Crippen LogP contribution in [0.3, 0.4) is 0 Å². The Bertz CT molecular complexity index is 407. The topological polar surface area (TPSA) is 89.7 Å². The fourth-order valence-corrected chi connectivity index (χ4v) is 3.10. The van der Waals surface area contributed by atoms with Gasteiger partial charge in [-0.3, -0.25) is 4.79 Å². The van der Waals surface area contributed by atoms with Crippen molar-refractivity contribution in [3.8, 4) is 0 Å². The van der Waals surface area contributed by atoms with Gasteiger partial charge < -0.3 is 10.5 Å². The third kappa shape index (κ3) is 8.12. The highest BCUT2D eigenvalue weighted by molar-refractivity contribution is 7.89. The second kappa shape index (κ2) is 8.44. The number of hydrogen-bond donors (Lipinski definition) is 1. The molecule has 0 saturated heterocycles. The minimum absolute atomic E-state index is 0.152. The van der Waals surface area contributed by atoms with Gasteiger partial charge in [-0.1, -0.05) is 26.1 Å². The summed E-state index contributed by atoms with van der Waals surface area (Å²) in [6.07, 6.45) is 0.181. The summed E-state index contributed by atoms with van der Waals surface area (Å²) in [5, 5.41) is 0. The highest BCUT2D eigenvalue weighted by Gasteiger charge is 2.23. The molecule has 112 valence electrons. The first-order chi connectivity index (χ1) is 8.69. The maximum Gasteiger partial charge on any atom is 0.306 e. The van der Waals surface area contributed by atoms with Crippen LogP contribution in [0.5, 0.6) is 0 Å². The Labute approximate surface area is 120 Å². The molecule has 0 aliphatic carbocycles. The van der Waals surface area contributed by atoms with Crippen molar-refractivity contribution in [2.75, 3.05) is 26.0 Å². The molecule has 0 aromatic heterocycles. The van der Waals surface area contributed by atoms with Crippen molar-refractivity contribution >= 4 is 33.2 Å². The van der Waals surface area contributed by atoms with Gasteiger partial charge in [-0.25, -0.2) is 12.7 Å². The molecular weight excluding hydrogens is 288 g/mol. The zero-order valence-electron chi connectivity index (χ0n) is 11.6. The Morgan fingerprint density at radius 3 is 2.37 bits per heavy atom. The summed E-state index contributed by atoms with van der Waals surface area (Å²) >= 11 is 4.76. The van der Waals surface area contributed by atoms with Crippen LogP contribution >= 0.6 is 12.2 Å². The molecule has 0 rings (SSSR count). The first kappa shape index (κ1) is 18.3. The monoisotopic (exact) mass is 310 g/mol. The summed E-state index contributed by atoms with van der Waals surface area (Å²) in [6.45, 7) is 4.47. The number of esters is 1. The van der Waals surface area contributed by atoms with Gasteiger partial charge in [0, 0.05) is 19.5 Å². The Hall–Kier alpha value is -0.730. The number of methoxy groups -OCH3 is 1. The van der Waals surface area contributed by atoms with Gasteiger partial charge in [-0.15, -0.1) is 0 Å². The molecular formula is C11H22N2O4S2. The molecule has 0 aliphatic heterocycles. The summed E-state index contributed by atoms with van der Waals surface area (Å²) in [6, 6.07) is 0. The summed E-state index contributed by atoms with van der Waals surface area (Å²) in [4.78, 5) is 11.3. The third-order valence-electron chi connectivity index (χ3n) is 2.36. The normalized spacial score (nSPS) is 11.8. The minimum Gasteiger partial charge on any atom is -0.469 e. The number of carbonyl (C=O) groups is 1. The van der Waals surface area contributed by atoms with E-state index >= 15 is 0 Å². The van der Waals surface area contributed by atoms with Crippen molar-refractivity contribution in [2.24, 2.45) is 11.7 Å². The van der Waals surface area contributed by atoms with Gasteiger partial charge in [0.1, 0.15) is 0 Å². The predicted octanol–water partition coefficient (Wildman–Crippen LogP) is 0.514. The van der Waals surface area contributed by atoms with Gasteiger partial charge in [0.15, 0.2) is 0 Å². The van der Waals surface area contributed by atoms with Gasteiger partial charge >= 0.3 is 5.97 Å². The minimum atomic E-state index is -3.50. The summed E-state index contributed by atoms with van der Waals surface area (Å²) in [7, 11) is -2.27. The molecule has 8 heteroatoms. The van der Waals surface area contributed by atoms with Gasteiger partial charge in [0.05, 0.1) is 24.3 Å². The molecule has 0 aromatic carbocycles. The molecule has 2 N–H and O–H groups in total. The van der Waals surface area contributed by atoms with Crippen molar-refractivity contribution in [1.29, 1.82) is 0 Å². The second-order valence-electron chi connectivity index (χ2n) is 4.61. The van der Waals surface area contributed by atoms with E-state index in [1.54, 1.807) is 0 Å². The zero-order chi connectivity index (χ0) is 15.1. The van der Waals surface area contributed by atoms with Crippen LogP contribution in [-0.2, 0) is 19.6 Å². The fraction of sp³-hybridized carbons (Fsp3) is 0.818. The van der Waals surface area contributed by atoms with Gasteiger partial charge in [0.2, 0.25) is 10.0 Å². The number of carbonyl (C=O) groups excluding carboxylic acids is 1. The van der Waals surface area contributed by atoms with Crippen LogP contribution in [0.4, 0.5) is 0 Å². The van der Waals surface area contributed by atoms with E-state index in [-0.39, 0.29) is 29.6 Å². The molecule has 0 radical (unpaired) electrons. The zero-order valence-corrected chi connectivity index (χ0v) is 13.2. The van der Waals surface area contributed by atoms with E-state index in [0.29, 0.717) is 13.0 Å². The standard InChI is InChI=1S/C11H22N2O4S2/c1-9(2)8-13(6-4-10(12)18)19(15,16)7-5-11(14)17-3/h9H,4-8H2,1-3H3,(H2,12,18). The molecule has 0 heterocycles. The van der Waals surface area contributed by atoms with Crippen LogP contribution in [-0.4, -0.2) is 49.6 Å². The van der Waals surface area contributed by atoms with E-state index in [1.165, 1.54) is 11.4 Å². The molecule has 0 saturated carbocycles. The maximum atomic E-state index is 12.1. The Balaban J connectivity index is 4.70. The smallest absolute Gasteiger partial charge is 0.306 e. The van der Waals surface area contributed by atoms with Crippen molar-refractivity contribution in [2.45, 2.75) is 26.7 Å². The molecule has 0 fully saturated rings. The van der Waals surface area contributed by atoms with Gasteiger partial charge in [-0.2, -0.15) is 0 Å². The van der Waals surface area contributed by atoms with E-state index in [9.17, 15) is 13.2 Å². The Kier molecular flexibility index (Phi) is 8.12. The largest absolute Gasteiger partial charge is 0.469 e. The van der Waals surface area contributed by atoms with Gasteiger partial charge in [-0.05, 0) is 5.92 Å². The average molecular weight is 310 g/mol. The number of sulfonamides is 1. The van der Waals surface area contributed by atoms with Crippen LogP contribution in [0, 0.1) is 5.92 Å². The van der Waals surface area contributed by atoms with Crippen LogP contribution in [0.1, 0.15) is 26.7 Å².